The topological polar surface area (TPSA) is 96.7 Å². The van der Waals surface area contributed by atoms with Crippen molar-refractivity contribution in [2.75, 3.05) is 11.1 Å². The predicted molar refractivity (Wildman–Crippen MR) is 66.4 cm³/mol. The molecule has 2 rings (SSSR count). The van der Waals surface area contributed by atoms with Crippen LogP contribution in [0.3, 0.4) is 0 Å². The van der Waals surface area contributed by atoms with Crippen molar-refractivity contribution < 1.29 is 4.79 Å². The Labute approximate surface area is 104 Å². The summed E-state index contributed by atoms with van der Waals surface area (Å²) in [7, 11) is 0. The lowest BCUT2D eigenvalue weighted by Gasteiger charge is -2.08. The van der Waals surface area contributed by atoms with Crippen LogP contribution in [0.2, 0.25) is 0 Å². The van der Waals surface area contributed by atoms with Crippen LogP contribution >= 0.6 is 0 Å². The van der Waals surface area contributed by atoms with Crippen LogP contribution in [-0.2, 0) is 11.3 Å². The molecule has 0 unspecified atom stereocenters. The number of hydrogen-bond donors (Lipinski definition) is 2. The molecule has 0 atom stereocenters. The SMILES string of the molecule is N#Cc1nccn1CC(=O)Nc1ccccc1N. The number of para-hydroxylation sites is 2. The number of carbonyl (C=O) groups excluding carboxylic acids is 1. The van der Waals surface area contributed by atoms with Gasteiger partial charge in [-0.25, -0.2) is 4.98 Å². The van der Waals surface area contributed by atoms with Crippen LogP contribution in [0.25, 0.3) is 0 Å². The molecule has 6 nitrogen and oxygen atoms in total. The zero-order valence-electron chi connectivity index (χ0n) is 9.50. The summed E-state index contributed by atoms with van der Waals surface area (Å²) in [6.45, 7) is 0.0250. The van der Waals surface area contributed by atoms with Crippen molar-refractivity contribution in [1.82, 2.24) is 9.55 Å². The summed E-state index contributed by atoms with van der Waals surface area (Å²) in [5, 5.41) is 11.4. The Morgan fingerprint density at radius 1 is 1.50 bits per heavy atom. The number of benzene rings is 1. The predicted octanol–water partition coefficient (Wildman–Crippen LogP) is 0.976. The molecule has 0 saturated heterocycles. The summed E-state index contributed by atoms with van der Waals surface area (Å²) in [5.74, 6) is -0.0615. The van der Waals surface area contributed by atoms with Crippen LogP contribution in [0.1, 0.15) is 5.82 Å². The third kappa shape index (κ3) is 2.47. The molecule has 1 aromatic heterocycles. The Bertz CT molecular complexity index is 605. The minimum absolute atomic E-state index is 0.0250. The summed E-state index contributed by atoms with van der Waals surface area (Å²) in [6, 6.07) is 8.89. The van der Waals surface area contributed by atoms with E-state index in [4.69, 9.17) is 11.0 Å². The molecule has 0 aliphatic rings. The summed E-state index contributed by atoms with van der Waals surface area (Å²) in [6.07, 6.45) is 3.05. The smallest absolute Gasteiger partial charge is 0.244 e. The first-order valence-electron chi connectivity index (χ1n) is 5.26. The van der Waals surface area contributed by atoms with E-state index in [2.05, 4.69) is 10.3 Å². The van der Waals surface area contributed by atoms with E-state index in [1.807, 2.05) is 6.07 Å². The van der Waals surface area contributed by atoms with E-state index in [9.17, 15) is 4.79 Å². The maximum absolute atomic E-state index is 11.8. The molecule has 18 heavy (non-hydrogen) atoms. The minimum atomic E-state index is -0.262. The van der Waals surface area contributed by atoms with Crippen molar-refractivity contribution in [2.45, 2.75) is 6.54 Å². The lowest BCUT2D eigenvalue weighted by Crippen LogP contribution is -2.19. The molecule has 0 aliphatic carbocycles. The number of nitrogens with one attached hydrogen (secondary N) is 1. The maximum atomic E-state index is 11.8. The van der Waals surface area contributed by atoms with Gasteiger partial charge in [-0.1, -0.05) is 12.1 Å². The van der Waals surface area contributed by atoms with E-state index in [1.54, 1.807) is 30.5 Å². The fraction of sp³-hybridized carbons (Fsp3) is 0.0833. The Morgan fingerprint density at radius 2 is 2.28 bits per heavy atom. The number of amides is 1. The van der Waals surface area contributed by atoms with E-state index in [0.717, 1.165) is 0 Å². The second-order valence-electron chi connectivity index (χ2n) is 3.63. The first-order valence-corrected chi connectivity index (χ1v) is 5.26. The van der Waals surface area contributed by atoms with Gasteiger partial charge in [0.2, 0.25) is 11.7 Å². The maximum Gasteiger partial charge on any atom is 0.244 e. The Morgan fingerprint density at radius 3 is 3.00 bits per heavy atom. The molecular formula is C12H11N5O. The normalized spacial score (nSPS) is 9.72. The van der Waals surface area contributed by atoms with Gasteiger partial charge >= 0.3 is 0 Å². The number of imidazole rings is 1. The highest BCUT2D eigenvalue weighted by Gasteiger charge is 2.08. The fourth-order valence-corrected chi connectivity index (χ4v) is 1.51. The van der Waals surface area contributed by atoms with Crippen molar-refractivity contribution in [3.8, 4) is 6.07 Å². The molecule has 90 valence electrons. The van der Waals surface area contributed by atoms with E-state index in [1.165, 1.54) is 10.8 Å². The Hall–Kier alpha value is -2.81. The van der Waals surface area contributed by atoms with Gasteiger partial charge in [-0.2, -0.15) is 5.26 Å². The number of hydrogen-bond acceptors (Lipinski definition) is 4. The summed E-state index contributed by atoms with van der Waals surface area (Å²) < 4.78 is 1.47. The molecular weight excluding hydrogens is 230 g/mol. The Balaban J connectivity index is 2.06. The summed E-state index contributed by atoms with van der Waals surface area (Å²) >= 11 is 0. The quantitative estimate of drug-likeness (QED) is 0.782. The molecule has 0 radical (unpaired) electrons. The van der Waals surface area contributed by atoms with Crippen molar-refractivity contribution in [3.63, 3.8) is 0 Å². The number of rotatable bonds is 3. The largest absolute Gasteiger partial charge is 0.397 e. The second kappa shape index (κ2) is 5.01. The third-order valence-corrected chi connectivity index (χ3v) is 2.36. The first kappa shape index (κ1) is 11.7. The lowest BCUT2D eigenvalue weighted by atomic mass is 10.2. The van der Waals surface area contributed by atoms with E-state index < -0.39 is 0 Å². The number of anilines is 2. The van der Waals surface area contributed by atoms with Gasteiger partial charge in [-0.15, -0.1) is 0 Å². The van der Waals surface area contributed by atoms with Gasteiger partial charge in [0, 0.05) is 12.4 Å². The van der Waals surface area contributed by atoms with Crippen molar-refractivity contribution in [1.29, 1.82) is 5.26 Å². The molecule has 6 heteroatoms. The van der Waals surface area contributed by atoms with Crippen LogP contribution in [0.15, 0.2) is 36.7 Å². The first-order chi connectivity index (χ1) is 8.70. The monoisotopic (exact) mass is 241 g/mol. The van der Waals surface area contributed by atoms with E-state index in [-0.39, 0.29) is 18.3 Å². The van der Waals surface area contributed by atoms with Crippen LogP contribution in [0.5, 0.6) is 0 Å². The molecule has 0 bridgehead atoms. The van der Waals surface area contributed by atoms with Crippen LogP contribution < -0.4 is 11.1 Å². The molecule has 0 spiro atoms. The van der Waals surface area contributed by atoms with E-state index in [0.29, 0.717) is 11.4 Å². The second-order valence-corrected chi connectivity index (χ2v) is 3.63. The molecule has 0 aliphatic heterocycles. The Kier molecular flexibility index (Phi) is 3.25. The van der Waals surface area contributed by atoms with Crippen LogP contribution in [0.4, 0.5) is 11.4 Å². The van der Waals surface area contributed by atoms with Crippen molar-refractivity contribution >= 4 is 17.3 Å². The fourth-order valence-electron chi connectivity index (χ4n) is 1.51. The molecule has 3 N–H and O–H groups in total. The molecule has 0 saturated carbocycles. The number of carbonyl (C=O) groups is 1. The summed E-state index contributed by atoms with van der Waals surface area (Å²) in [5.41, 5.74) is 6.77. The van der Waals surface area contributed by atoms with Gasteiger partial charge < -0.3 is 15.6 Å². The van der Waals surface area contributed by atoms with Crippen LogP contribution in [-0.4, -0.2) is 15.5 Å². The zero-order chi connectivity index (χ0) is 13.0. The number of nitrogen functional groups attached to an aromatic ring is 1. The van der Waals surface area contributed by atoms with Gasteiger partial charge in [0.25, 0.3) is 0 Å². The average Bonchev–Trinajstić information content (AvgIpc) is 2.79. The number of aromatic nitrogens is 2. The lowest BCUT2D eigenvalue weighted by molar-refractivity contribution is -0.116. The van der Waals surface area contributed by atoms with Crippen molar-refractivity contribution in [3.05, 3.63) is 42.5 Å². The highest BCUT2D eigenvalue weighted by molar-refractivity contribution is 5.93. The third-order valence-electron chi connectivity index (χ3n) is 2.36. The molecule has 1 heterocycles. The minimum Gasteiger partial charge on any atom is -0.397 e. The van der Waals surface area contributed by atoms with Gasteiger partial charge in [0.15, 0.2) is 0 Å². The van der Waals surface area contributed by atoms with Gasteiger partial charge in [-0.05, 0) is 12.1 Å². The summed E-state index contributed by atoms with van der Waals surface area (Å²) in [4.78, 5) is 15.6. The van der Waals surface area contributed by atoms with Crippen molar-refractivity contribution in [2.24, 2.45) is 0 Å². The van der Waals surface area contributed by atoms with E-state index >= 15 is 0 Å². The highest BCUT2D eigenvalue weighted by Crippen LogP contribution is 2.16. The van der Waals surface area contributed by atoms with Gasteiger partial charge in [0.05, 0.1) is 11.4 Å². The standard InChI is InChI=1S/C12H11N5O/c13-7-11-15-5-6-17(11)8-12(18)16-10-4-2-1-3-9(10)14/h1-6H,8,14H2,(H,16,18). The molecule has 1 aromatic carbocycles. The number of nitriles is 1. The van der Waals surface area contributed by atoms with Gasteiger partial charge in [-0.3, -0.25) is 4.79 Å². The molecule has 0 fully saturated rings. The highest BCUT2D eigenvalue weighted by atomic mass is 16.1. The number of nitrogens with zero attached hydrogens (tertiary/aromatic N) is 3. The van der Waals surface area contributed by atoms with Gasteiger partial charge in [0.1, 0.15) is 12.6 Å². The zero-order valence-corrected chi connectivity index (χ0v) is 9.50. The molecule has 1 amide bonds. The van der Waals surface area contributed by atoms with Crippen LogP contribution in [0, 0.1) is 11.3 Å². The number of nitrogens with two attached hydrogens (primary N) is 1. The average molecular weight is 241 g/mol. The molecule has 2 aromatic rings.